The van der Waals surface area contributed by atoms with Crippen LogP contribution in [0.15, 0.2) is 17.0 Å². The summed E-state index contributed by atoms with van der Waals surface area (Å²) in [6.07, 6.45) is -3.12. The summed E-state index contributed by atoms with van der Waals surface area (Å²) in [4.78, 5) is 24.1. The molecular weight excluding hydrogens is 461 g/mol. The van der Waals surface area contributed by atoms with E-state index < -0.39 is 44.9 Å². The maximum atomic E-state index is 14.5. The van der Waals surface area contributed by atoms with Gasteiger partial charge < -0.3 is 15.1 Å². The van der Waals surface area contributed by atoms with Gasteiger partial charge in [0.15, 0.2) is 9.84 Å². The Bertz CT molecular complexity index is 949. The number of halogens is 5. The van der Waals surface area contributed by atoms with E-state index in [1.807, 2.05) is 0 Å². The van der Waals surface area contributed by atoms with Gasteiger partial charge in [-0.15, -0.1) is 0 Å². The van der Waals surface area contributed by atoms with Crippen molar-refractivity contribution in [2.45, 2.75) is 42.9 Å². The number of piperidine rings is 1. The highest BCUT2D eigenvalue weighted by molar-refractivity contribution is 7.90. The average Bonchev–Trinajstić information content (AvgIpc) is 3.10. The Balaban J connectivity index is 0.000000534. The number of rotatable bonds is 4. The average molecular weight is 485 g/mol. The van der Waals surface area contributed by atoms with Gasteiger partial charge in [0.05, 0.1) is 6.04 Å². The third-order valence-corrected chi connectivity index (χ3v) is 6.44. The number of aldehydes is 1. The van der Waals surface area contributed by atoms with Crippen LogP contribution in [0.1, 0.15) is 31.4 Å². The summed E-state index contributed by atoms with van der Waals surface area (Å²) in [5.74, 6) is -1.83. The molecule has 1 N–H and O–H groups in total. The molecular formula is C19H24F5N3O4S. The van der Waals surface area contributed by atoms with Crippen LogP contribution >= 0.6 is 0 Å². The Morgan fingerprint density at radius 1 is 1.12 bits per heavy atom. The molecule has 3 rings (SSSR count). The zero-order valence-electron chi connectivity index (χ0n) is 17.5. The van der Waals surface area contributed by atoms with E-state index in [0.717, 1.165) is 38.3 Å². The first-order chi connectivity index (χ1) is 14.8. The molecule has 32 heavy (non-hydrogen) atoms. The molecule has 1 aromatic carbocycles. The number of hydrogen-bond donors (Lipinski definition) is 1. The lowest BCUT2D eigenvalue weighted by Crippen LogP contribution is -2.45. The van der Waals surface area contributed by atoms with Crippen molar-refractivity contribution in [3.8, 4) is 0 Å². The van der Waals surface area contributed by atoms with Crippen molar-refractivity contribution in [1.29, 1.82) is 0 Å². The second-order valence-electron chi connectivity index (χ2n) is 7.56. The summed E-state index contributed by atoms with van der Waals surface area (Å²) in [5.41, 5.74) is -0.0181. The van der Waals surface area contributed by atoms with E-state index in [4.69, 9.17) is 4.79 Å². The number of sulfone groups is 1. The number of nitrogens with zero attached hydrogens (tertiary/aromatic N) is 2. The first kappa shape index (κ1) is 26.0. The molecule has 2 saturated heterocycles. The number of benzene rings is 1. The summed E-state index contributed by atoms with van der Waals surface area (Å²) in [5, 5.41) is 3.25. The molecule has 0 bridgehead atoms. The van der Waals surface area contributed by atoms with E-state index in [9.17, 15) is 35.2 Å². The molecule has 2 aliphatic heterocycles. The van der Waals surface area contributed by atoms with Crippen LogP contribution in [0, 0.1) is 11.6 Å². The Kier molecular flexibility index (Phi) is 8.21. The van der Waals surface area contributed by atoms with Crippen molar-refractivity contribution in [2.24, 2.45) is 0 Å². The molecule has 1 unspecified atom stereocenters. The maximum Gasteiger partial charge on any atom is 0.446 e. The minimum Gasteiger partial charge on any atom is -0.320 e. The van der Waals surface area contributed by atoms with E-state index >= 15 is 0 Å². The van der Waals surface area contributed by atoms with E-state index in [2.05, 4.69) is 5.32 Å². The van der Waals surface area contributed by atoms with Gasteiger partial charge in [-0.05, 0) is 45.0 Å². The van der Waals surface area contributed by atoms with E-state index in [1.54, 1.807) is 11.8 Å². The molecule has 0 aromatic heterocycles. The Morgan fingerprint density at radius 2 is 1.69 bits per heavy atom. The van der Waals surface area contributed by atoms with Gasteiger partial charge in [-0.3, -0.25) is 4.79 Å². The number of alkyl halides is 3. The first-order valence-electron chi connectivity index (χ1n) is 9.76. The van der Waals surface area contributed by atoms with Crippen LogP contribution in [0.4, 0.5) is 26.7 Å². The molecule has 13 heteroatoms. The smallest absolute Gasteiger partial charge is 0.320 e. The highest BCUT2D eigenvalue weighted by atomic mass is 32.2. The Labute approximate surface area is 182 Å². The summed E-state index contributed by atoms with van der Waals surface area (Å²) >= 11 is 0. The van der Waals surface area contributed by atoms with Gasteiger partial charge in [0, 0.05) is 31.0 Å². The molecule has 0 spiro atoms. The zero-order chi connectivity index (χ0) is 24.3. The van der Waals surface area contributed by atoms with Gasteiger partial charge in [0.2, 0.25) is 6.29 Å². The van der Waals surface area contributed by atoms with Crippen LogP contribution in [0.5, 0.6) is 0 Å². The predicted molar refractivity (Wildman–Crippen MR) is 105 cm³/mol. The minimum atomic E-state index is -4.64. The lowest BCUT2D eigenvalue weighted by Gasteiger charge is -2.32. The van der Waals surface area contributed by atoms with Gasteiger partial charge in [-0.2, -0.15) is 13.2 Å². The minimum absolute atomic E-state index is 0.0181. The number of carbonyl (C=O) groups is 2. The highest BCUT2D eigenvalue weighted by Crippen LogP contribution is 2.31. The second kappa shape index (κ2) is 10.1. The quantitative estimate of drug-likeness (QED) is 0.524. The Hall–Kier alpha value is -2.28. The normalized spacial score (nSPS) is 18.9. The van der Waals surface area contributed by atoms with Crippen molar-refractivity contribution >= 4 is 22.2 Å². The summed E-state index contributed by atoms with van der Waals surface area (Å²) in [6, 6.07) is 0.877. The number of carbonyl (C=O) groups excluding carboxylic acids is 2. The Morgan fingerprint density at radius 3 is 2.19 bits per heavy atom. The van der Waals surface area contributed by atoms with Crippen LogP contribution in [0.3, 0.4) is 0 Å². The fourth-order valence-electron chi connectivity index (χ4n) is 3.70. The van der Waals surface area contributed by atoms with E-state index in [-0.39, 0.29) is 17.6 Å². The summed E-state index contributed by atoms with van der Waals surface area (Å²) in [6.45, 7) is 4.33. The van der Waals surface area contributed by atoms with Crippen molar-refractivity contribution in [3.63, 3.8) is 0 Å². The monoisotopic (exact) mass is 485 g/mol. The highest BCUT2D eigenvalue weighted by Gasteiger charge is 2.37. The number of urea groups is 1. The lowest BCUT2D eigenvalue weighted by atomic mass is 10.1. The first-order valence-corrected chi connectivity index (χ1v) is 11.7. The second-order valence-corrected chi connectivity index (χ2v) is 9.55. The molecule has 2 fully saturated rings. The van der Waals surface area contributed by atoms with E-state index in [0.29, 0.717) is 19.2 Å². The maximum absolute atomic E-state index is 14.5. The summed E-state index contributed by atoms with van der Waals surface area (Å²) in [7, 11) is -3.86. The molecule has 1 atom stereocenters. The number of nitrogens with one attached hydrogen (secondary N) is 1. The van der Waals surface area contributed by atoms with Gasteiger partial charge in [0.1, 0.15) is 16.5 Å². The zero-order valence-corrected chi connectivity index (χ0v) is 18.3. The predicted octanol–water partition coefficient (Wildman–Crippen LogP) is 2.67. The van der Waals surface area contributed by atoms with Crippen molar-refractivity contribution in [3.05, 3.63) is 29.3 Å². The molecule has 2 aliphatic rings. The van der Waals surface area contributed by atoms with Crippen molar-refractivity contribution in [2.75, 3.05) is 32.4 Å². The van der Waals surface area contributed by atoms with Gasteiger partial charge in [-0.1, -0.05) is 0 Å². The number of amides is 2. The molecule has 1 aromatic rings. The third kappa shape index (κ3) is 6.37. The molecule has 180 valence electrons. The van der Waals surface area contributed by atoms with Crippen LogP contribution in [-0.4, -0.2) is 75.2 Å². The lowest BCUT2D eigenvalue weighted by molar-refractivity contribution is -0.156. The fraction of sp³-hybridized carbons (Fsp3) is 0.579. The largest absolute Gasteiger partial charge is 0.446 e. The van der Waals surface area contributed by atoms with E-state index in [1.165, 1.54) is 4.90 Å². The SMILES string of the molecule is CC(c1cc(F)c(S(C)(=O)=O)cc1F)N1CCN(C2CCNCC2)C1=O.O=CC(F)(F)F. The molecule has 7 nitrogen and oxygen atoms in total. The molecule has 0 radical (unpaired) electrons. The molecule has 2 amide bonds. The molecule has 0 aliphatic carbocycles. The van der Waals surface area contributed by atoms with Crippen LogP contribution < -0.4 is 5.32 Å². The third-order valence-electron chi connectivity index (χ3n) is 5.32. The van der Waals surface area contributed by atoms with Gasteiger partial charge >= 0.3 is 12.2 Å². The molecule has 0 saturated carbocycles. The molecule has 2 heterocycles. The summed E-state index contributed by atoms with van der Waals surface area (Å²) < 4.78 is 82.9. The van der Waals surface area contributed by atoms with Gasteiger partial charge in [0.25, 0.3) is 0 Å². The van der Waals surface area contributed by atoms with Crippen LogP contribution in [-0.2, 0) is 14.6 Å². The standard InChI is InChI=1S/C17H23F2N3O3S.C2HF3O/c1-11(13-9-15(19)16(10-14(13)18)26(2,24)25)21-7-8-22(17(21)23)12-3-5-20-6-4-12;3-2(4,5)1-6/h9-12,20H,3-8H2,1-2H3;1H. The van der Waals surface area contributed by atoms with Crippen LogP contribution in [0.2, 0.25) is 0 Å². The van der Waals surface area contributed by atoms with Crippen LogP contribution in [0.25, 0.3) is 0 Å². The fourth-order valence-corrected chi connectivity index (χ4v) is 4.44. The van der Waals surface area contributed by atoms with Crippen molar-refractivity contribution < 1.29 is 40.0 Å². The van der Waals surface area contributed by atoms with Crippen molar-refractivity contribution in [1.82, 2.24) is 15.1 Å². The van der Waals surface area contributed by atoms with Gasteiger partial charge in [-0.25, -0.2) is 22.0 Å². The number of hydrogen-bond acceptors (Lipinski definition) is 5. The topological polar surface area (TPSA) is 86.8 Å².